The summed E-state index contributed by atoms with van der Waals surface area (Å²) in [6.45, 7) is 4.44. The highest BCUT2D eigenvalue weighted by atomic mass is 35.5. The Morgan fingerprint density at radius 3 is 2.35 bits per heavy atom. The maximum Gasteiger partial charge on any atom is 0.243 e. The number of nitrogens with zero attached hydrogens (tertiary/aromatic N) is 1. The predicted molar refractivity (Wildman–Crippen MR) is 143 cm³/mol. The Kier molecular flexibility index (Phi) is 10.6. The summed E-state index contributed by atoms with van der Waals surface area (Å²) in [4.78, 5) is 28.4. The van der Waals surface area contributed by atoms with E-state index < -0.39 is 6.04 Å². The van der Waals surface area contributed by atoms with Crippen LogP contribution in [0.1, 0.15) is 62.1 Å². The van der Waals surface area contributed by atoms with Gasteiger partial charge >= 0.3 is 0 Å². The van der Waals surface area contributed by atoms with Crippen LogP contribution in [0.5, 0.6) is 0 Å². The van der Waals surface area contributed by atoms with Crippen molar-refractivity contribution in [2.45, 2.75) is 76.8 Å². The van der Waals surface area contributed by atoms with Crippen molar-refractivity contribution in [2.75, 3.05) is 5.75 Å². The second-order valence-electron chi connectivity index (χ2n) is 9.02. The van der Waals surface area contributed by atoms with Gasteiger partial charge in [-0.25, -0.2) is 0 Å². The molecule has 1 atom stereocenters. The number of amides is 2. The molecule has 0 radical (unpaired) electrons. The Morgan fingerprint density at radius 1 is 1.03 bits per heavy atom. The minimum atomic E-state index is -0.485. The van der Waals surface area contributed by atoms with E-state index in [-0.39, 0.29) is 17.9 Å². The summed E-state index contributed by atoms with van der Waals surface area (Å²) in [6.07, 6.45) is 6.16. The van der Waals surface area contributed by atoms with Gasteiger partial charge in [0.2, 0.25) is 11.8 Å². The normalized spacial score (nSPS) is 15.1. The summed E-state index contributed by atoms with van der Waals surface area (Å²) in [5.41, 5.74) is 3.21. The third-order valence-corrected chi connectivity index (χ3v) is 8.02. The van der Waals surface area contributed by atoms with Crippen molar-refractivity contribution in [2.24, 2.45) is 0 Å². The first-order chi connectivity index (χ1) is 16.4. The van der Waals surface area contributed by atoms with Crippen molar-refractivity contribution in [3.8, 4) is 0 Å². The lowest BCUT2D eigenvalue weighted by atomic mass is 9.95. The third-order valence-electron chi connectivity index (χ3n) is 6.29. The molecule has 1 aliphatic rings. The first-order valence-electron chi connectivity index (χ1n) is 12.0. The van der Waals surface area contributed by atoms with Gasteiger partial charge in [0.1, 0.15) is 6.04 Å². The first kappa shape index (κ1) is 26.9. The number of rotatable bonds is 10. The largest absolute Gasteiger partial charge is 0.352 e. The van der Waals surface area contributed by atoms with Crippen molar-refractivity contribution < 1.29 is 9.59 Å². The van der Waals surface area contributed by atoms with Crippen LogP contribution in [0, 0.1) is 6.92 Å². The zero-order valence-corrected chi connectivity index (χ0v) is 22.3. The molecule has 2 amide bonds. The smallest absolute Gasteiger partial charge is 0.243 e. The molecule has 2 aromatic rings. The molecule has 2 aromatic carbocycles. The van der Waals surface area contributed by atoms with E-state index in [2.05, 4.69) is 5.32 Å². The van der Waals surface area contributed by atoms with E-state index in [9.17, 15) is 9.59 Å². The standard InChI is InChI=1S/C27H34Cl2N2O2S/c1-3-25(27(33)30-22-7-5-4-6-8-22)31(16-20-11-9-19(2)10-12-20)26(32)18-34-17-21-13-14-23(28)24(29)15-21/h9-15,22,25H,3-8,16-18H2,1-2H3,(H,30,33). The van der Waals surface area contributed by atoms with Crippen molar-refractivity contribution in [1.29, 1.82) is 0 Å². The number of hydrogen-bond donors (Lipinski definition) is 1. The van der Waals surface area contributed by atoms with E-state index in [1.807, 2.05) is 50.2 Å². The topological polar surface area (TPSA) is 49.4 Å². The summed E-state index contributed by atoms with van der Waals surface area (Å²) >= 11 is 13.6. The quantitative estimate of drug-likeness (QED) is 0.375. The van der Waals surface area contributed by atoms with Crippen LogP contribution in [0.25, 0.3) is 0 Å². The lowest BCUT2D eigenvalue weighted by Crippen LogP contribution is -2.52. The fourth-order valence-electron chi connectivity index (χ4n) is 4.32. The molecule has 184 valence electrons. The fourth-order valence-corrected chi connectivity index (χ4v) is 5.50. The van der Waals surface area contributed by atoms with Gasteiger partial charge < -0.3 is 10.2 Å². The Balaban J connectivity index is 1.69. The van der Waals surface area contributed by atoms with E-state index in [0.29, 0.717) is 34.5 Å². The Bertz CT molecular complexity index is 962. The second kappa shape index (κ2) is 13.4. The van der Waals surface area contributed by atoms with Crippen LogP contribution >= 0.6 is 35.0 Å². The van der Waals surface area contributed by atoms with Gasteiger partial charge in [0.25, 0.3) is 0 Å². The van der Waals surface area contributed by atoms with Gasteiger partial charge in [-0.05, 0) is 49.4 Å². The third kappa shape index (κ3) is 7.93. The number of benzene rings is 2. The van der Waals surface area contributed by atoms with Crippen LogP contribution in [0.3, 0.4) is 0 Å². The number of nitrogens with one attached hydrogen (secondary N) is 1. The summed E-state index contributed by atoms with van der Waals surface area (Å²) in [7, 11) is 0. The first-order valence-corrected chi connectivity index (χ1v) is 14.0. The molecule has 1 saturated carbocycles. The Hall–Kier alpha value is -1.69. The molecule has 1 aliphatic carbocycles. The summed E-state index contributed by atoms with van der Waals surface area (Å²) in [5.74, 6) is 0.867. The number of carbonyl (C=O) groups excluding carboxylic acids is 2. The minimum Gasteiger partial charge on any atom is -0.352 e. The van der Waals surface area contributed by atoms with Gasteiger partial charge in [0.05, 0.1) is 15.8 Å². The van der Waals surface area contributed by atoms with Gasteiger partial charge in [0.15, 0.2) is 0 Å². The zero-order chi connectivity index (χ0) is 24.5. The molecule has 4 nitrogen and oxygen atoms in total. The van der Waals surface area contributed by atoms with E-state index >= 15 is 0 Å². The molecule has 0 spiro atoms. The molecule has 0 aliphatic heterocycles. The van der Waals surface area contributed by atoms with Crippen LogP contribution in [-0.2, 0) is 21.9 Å². The fraction of sp³-hybridized carbons (Fsp3) is 0.481. The van der Waals surface area contributed by atoms with E-state index in [0.717, 1.165) is 36.8 Å². The molecular weight excluding hydrogens is 487 g/mol. The number of carbonyl (C=O) groups is 2. The molecule has 0 heterocycles. The van der Waals surface area contributed by atoms with Crippen molar-refractivity contribution in [1.82, 2.24) is 10.2 Å². The lowest BCUT2D eigenvalue weighted by Gasteiger charge is -2.32. The van der Waals surface area contributed by atoms with Gasteiger partial charge in [-0.3, -0.25) is 9.59 Å². The van der Waals surface area contributed by atoms with Gasteiger partial charge in [-0.2, -0.15) is 0 Å². The summed E-state index contributed by atoms with van der Waals surface area (Å²) in [5, 5.41) is 4.26. The van der Waals surface area contributed by atoms with Crippen LogP contribution in [-0.4, -0.2) is 34.6 Å². The second-order valence-corrected chi connectivity index (χ2v) is 10.8. The van der Waals surface area contributed by atoms with Crippen molar-refractivity contribution in [3.05, 3.63) is 69.2 Å². The van der Waals surface area contributed by atoms with E-state index in [4.69, 9.17) is 23.2 Å². The summed E-state index contributed by atoms with van der Waals surface area (Å²) in [6, 6.07) is 13.4. The number of hydrogen-bond acceptors (Lipinski definition) is 3. The highest BCUT2D eigenvalue weighted by Gasteiger charge is 2.30. The van der Waals surface area contributed by atoms with Crippen molar-refractivity contribution >= 4 is 46.8 Å². The van der Waals surface area contributed by atoms with Crippen molar-refractivity contribution in [3.63, 3.8) is 0 Å². The van der Waals surface area contributed by atoms with Gasteiger partial charge in [-0.15, -0.1) is 11.8 Å². The average Bonchev–Trinajstić information content (AvgIpc) is 2.83. The minimum absolute atomic E-state index is 0.0312. The van der Waals surface area contributed by atoms with Gasteiger partial charge in [0, 0.05) is 18.3 Å². The highest BCUT2D eigenvalue weighted by Crippen LogP contribution is 2.25. The van der Waals surface area contributed by atoms with E-state index in [1.54, 1.807) is 11.0 Å². The highest BCUT2D eigenvalue weighted by molar-refractivity contribution is 7.99. The predicted octanol–water partition coefficient (Wildman–Crippen LogP) is 6.79. The molecule has 0 bridgehead atoms. The number of aryl methyl sites for hydroxylation is 1. The van der Waals surface area contributed by atoms with Crippen LogP contribution in [0.4, 0.5) is 0 Å². The van der Waals surface area contributed by atoms with Crippen LogP contribution in [0.2, 0.25) is 10.0 Å². The molecule has 1 unspecified atom stereocenters. The zero-order valence-electron chi connectivity index (χ0n) is 20.0. The lowest BCUT2D eigenvalue weighted by molar-refractivity contribution is -0.139. The molecule has 1 fully saturated rings. The number of halogens is 2. The Morgan fingerprint density at radius 2 is 1.71 bits per heavy atom. The van der Waals surface area contributed by atoms with Gasteiger partial charge in [-0.1, -0.05) is 85.3 Å². The molecule has 34 heavy (non-hydrogen) atoms. The summed E-state index contributed by atoms with van der Waals surface area (Å²) < 4.78 is 0. The molecular formula is C27H34Cl2N2O2S. The van der Waals surface area contributed by atoms with Crippen LogP contribution in [0.15, 0.2) is 42.5 Å². The van der Waals surface area contributed by atoms with E-state index in [1.165, 1.54) is 23.7 Å². The maximum atomic E-state index is 13.4. The average molecular weight is 522 g/mol. The molecule has 0 saturated heterocycles. The molecule has 7 heteroatoms. The van der Waals surface area contributed by atoms with Crippen LogP contribution < -0.4 is 5.32 Å². The SMILES string of the molecule is CCC(C(=O)NC1CCCCC1)N(Cc1ccc(C)cc1)C(=O)CSCc1ccc(Cl)c(Cl)c1. The molecule has 3 rings (SSSR count). The monoisotopic (exact) mass is 520 g/mol. The number of thioether (sulfide) groups is 1. The Labute approximate surface area is 217 Å². The molecule has 1 N–H and O–H groups in total. The maximum absolute atomic E-state index is 13.4. The molecule has 0 aromatic heterocycles.